The summed E-state index contributed by atoms with van der Waals surface area (Å²) >= 11 is 2.10. The second-order valence-electron chi connectivity index (χ2n) is 3.64. The fourth-order valence-electron chi connectivity index (χ4n) is 2.25. The molecule has 2 rings (SSSR count). The predicted octanol–water partition coefficient (Wildman–Crippen LogP) is 1.79. The molecule has 58 valence electrons. The summed E-state index contributed by atoms with van der Waals surface area (Å²) in [5, 5.41) is 0. The van der Waals surface area contributed by atoms with Gasteiger partial charge in [-0.3, -0.25) is 4.90 Å². The van der Waals surface area contributed by atoms with Crippen molar-refractivity contribution in [3.8, 4) is 0 Å². The molecule has 2 aliphatic rings. The third kappa shape index (κ3) is 0.892. The van der Waals surface area contributed by atoms with Gasteiger partial charge >= 0.3 is 0 Å². The van der Waals surface area contributed by atoms with Gasteiger partial charge in [0, 0.05) is 23.7 Å². The van der Waals surface area contributed by atoms with Crippen molar-refractivity contribution in [2.45, 2.75) is 32.4 Å². The lowest BCUT2D eigenvalue weighted by atomic mass is 10.0. The van der Waals surface area contributed by atoms with Crippen LogP contribution in [0, 0.1) is 5.92 Å². The van der Waals surface area contributed by atoms with Crippen LogP contribution in [0.4, 0.5) is 0 Å². The van der Waals surface area contributed by atoms with E-state index in [1.165, 1.54) is 18.1 Å². The van der Waals surface area contributed by atoms with Gasteiger partial charge in [-0.25, -0.2) is 0 Å². The van der Waals surface area contributed by atoms with Crippen molar-refractivity contribution in [3.63, 3.8) is 0 Å². The molecule has 2 saturated heterocycles. The molecule has 0 bridgehead atoms. The van der Waals surface area contributed by atoms with E-state index in [2.05, 4.69) is 30.5 Å². The first kappa shape index (κ1) is 6.99. The van der Waals surface area contributed by atoms with Crippen LogP contribution >= 0.6 is 11.8 Å². The molecule has 0 amide bonds. The Balaban J connectivity index is 2.11. The largest absolute Gasteiger partial charge is 0.287 e. The van der Waals surface area contributed by atoms with Crippen molar-refractivity contribution < 1.29 is 0 Å². The molecule has 2 aliphatic heterocycles. The van der Waals surface area contributed by atoms with Gasteiger partial charge in [0.1, 0.15) is 0 Å². The highest BCUT2D eigenvalue weighted by Gasteiger charge is 2.39. The minimum absolute atomic E-state index is 0.856. The molecular formula is C8H15NS. The molecule has 0 N–H and O–H groups in total. The van der Waals surface area contributed by atoms with Crippen molar-refractivity contribution in [2.75, 3.05) is 11.6 Å². The van der Waals surface area contributed by atoms with E-state index in [1.807, 2.05) is 0 Å². The first-order valence-corrected chi connectivity index (χ1v) is 5.28. The second kappa shape index (κ2) is 2.42. The topological polar surface area (TPSA) is 3.24 Å². The maximum absolute atomic E-state index is 2.66. The number of thioether (sulfide) groups is 1. The van der Waals surface area contributed by atoms with Crippen LogP contribution in [0.2, 0.25) is 0 Å². The van der Waals surface area contributed by atoms with Crippen LogP contribution in [0.3, 0.4) is 0 Å². The van der Waals surface area contributed by atoms with Gasteiger partial charge in [0.05, 0.1) is 0 Å². The molecule has 2 fully saturated rings. The molecule has 0 radical (unpaired) electrons. The molecule has 0 aromatic carbocycles. The van der Waals surface area contributed by atoms with Crippen LogP contribution in [-0.4, -0.2) is 28.6 Å². The maximum Gasteiger partial charge on any atom is 0.0451 e. The molecule has 10 heavy (non-hydrogen) atoms. The quantitative estimate of drug-likeness (QED) is 0.527. The molecule has 2 heterocycles. The van der Waals surface area contributed by atoms with Crippen molar-refractivity contribution in [2.24, 2.45) is 5.92 Å². The fourth-order valence-corrected chi connectivity index (χ4v) is 3.77. The summed E-state index contributed by atoms with van der Waals surface area (Å²) in [6.45, 7) is 4.76. The van der Waals surface area contributed by atoms with Crippen LogP contribution in [0.15, 0.2) is 0 Å². The Morgan fingerprint density at radius 3 is 2.90 bits per heavy atom. The molecule has 2 heteroatoms. The highest BCUT2D eigenvalue weighted by molar-refractivity contribution is 7.99. The normalized spacial score (nSPS) is 48.0. The first-order chi connectivity index (χ1) is 4.79. The van der Waals surface area contributed by atoms with E-state index in [9.17, 15) is 0 Å². The minimum Gasteiger partial charge on any atom is -0.287 e. The molecule has 1 nitrogen and oxygen atoms in total. The second-order valence-corrected chi connectivity index (χ2v) is 4.64. The smallest absolute Gasteiger partial charge is 0.0451 e. The zero-order valence-electron chi connectivity index (χ0n) is 6.71. The fraction of sp³-hybridized carbons (Fsp3) is 1.00. The summed E-state index contributed by atoms with van der Waals surface area (Å²) in [5.41, 5.74) is 0. The van der Waals surface area contributed by atoms with Gasteiger partial charge in [0.2, 0.25) is 0 Å². The van der Waals surface area contributed by atoms with Crippen molar-refractivity contribution >= 4 is 11.8 Å². The standard InChI is InChI=1S/C8H15NS/c1-6-3-7(2)9-5-10-4-8(6)9/h6-8H,3-5H2,1-2H3/t6-,7+,8?/m0/s1. The Labute approximate surface area is 67.2 Å². The van der Waals surface area contributed by atoms with E-state index in [-0.39, 0.29) is 0 Å². The van der Waals surface area contributed by atoms with Crippen molar-refractivity contribution in [1.29, 1.82) is 0 Å². The third-order valence-corrected chi connectivity index (χ3v) is 3.95. The number of hydrogen-bond donors (Lipinski definition) is 0. The van der Waals surface area contributed by atoms with Gasteiger partial charge in [0.15, 0.2) is 0 Å². The zero-order valence-corrected chi connectivity index (χ0v) is 7.53. The maximum atomic E-state index is 2.66. The van der Waals surface area contributed by atoms with Crippen LogP contribution in [0.1, 0.15) is 20.3 Å². The number of hydrogen-bond acceptors (Lipinski definition) is 2. The Hall–Kier alpha value is 0.310. The Bertz CT molecular complexity index is 123. The van der Waals surface area contributed by atoms with Gasteiger partial charge in [-0.1, -0.05) is 6.92 Å². The lowest BCUT2D eigenvalue weighted by Crippen LogP contribution is -2.31. The van der Waals surface area contributed by atoms with Crippen LogP contribution in [0.5, 0.6) is 0 Å². The van der Waals surface area contributed by atoms with E-state index < -0.39 is 0 Å². The van der Waals surface area contributed by atoms with Gasteiger partial charge in [0.25, 0.3) is 0 Å². The summed E-state index contributed by atoms with van der Waals surface area (Å²) < 4.78 is 0. The number of rotatable bonds is 0. The van der Waals surface area contributed by atoms with Gasteiger partial charge in [-0.15, -0.1) is 11.8 Å². The zero-order chi connectivity index (χ0) is 7.14. The summed E-state index contributed by atoms with van der Waals surface area (Å²) in [6, 6.07) is 1.77. The number of fused-ring (bicyclic) bond motifs is 1. The highest BCUT2D eigenvalue weighted by Crippen LogP contribution is 2.37. The average Bonchev–Trinajstić information content (AvgIpc) is 2.39. The van der Waals surface area contributed by atoms with Gasteiger partial charge in [-0.05, 0) is 19.3 Å². The monoisotopic (exact) mass is 157 g/mol. The molecular weight excluding hydrogens is 142 g/mol. The SMILES string of the molecule is C[C@@H]1C[C@H](C)C2CSCN21. The average molecular weight is 157 g/mol. The molecule has 0 aromatic rings. The third-order valence-electron chi connectivity index (χ3n) is 2.89. The van der Waals surface area contributed by atoms with Crippen molar-refractivity contribution in [3.05, 3.63) is 0 Å². The summed E-state index contributed by atoms with van der Waals surface area (Å²) in [6.07, 6.45) is 1.42. The van der Waals surface area contributed by atoms with E-state index in [1.54, 1.807) is 0 Å². The van der Waals surface area contributed by atoms with Gasteiger partial charge < -0.3 is 0 Å². The first-order valence-electron chi connectivity index (χ1n) is 4.12. The summed E-state index contributed by atoms with van der Waals surface area (Å²) in [7, 11) is 0. The molecule has 0 saturated carbocycles. The van der Waals surface area contributed by atoms with Crippen LogP contribution < -0.4 is 0 Å². The Morgan fingerprint density at radius 1 is 1.40 bits per heavy atom. The van der Waals surface area contributed by atoms with E-state index >= 15 is 0 Å². The number of nitrogens with zero attached hydrogens (tertiary/aromatic N) is 1. The highest BCUT2D eigenvalue weighted by atomic mass is 32.2. The molecule has 3 atom stereocenters. The van der Waals surface area contributed by atoms with Crippen LogP contribution in [-0.2, 0) is 0 Å². The molecule has 0 aliphatic carbocycles. The lowest BCUT2D eigenvalue weighted by Gasteiger charge is -2.19. The predicted molar refractivity (Wildman–Crippen MR) is 46.2 cm³/mol. The Morgan fingerprint density at radius 2 is 2.20 bits per heavy atom. The summed E-state index contributed by atoms with van der Waals surface area (Å²) in [4.78, 5) is 2.66. The van der Waals surface area contributed by atoms with E-state index in [0.29, 0.717) is 0 Å². The molecule has 0 aromatic heterocycles. The summed E-state index contributed by atoms with van der Waals surface area (Å²) in [5.74, 6) is 3.62. The molecule has 0 spiro atoms. The van der Waals surface area contributed by atoms with Crippen LogP contribution in [0.25, 0.3) is 0 Å². The Kier molecular flexibility index (Phi) is 1.69. The lowest BCUT2D eigenvalue weighted by molar-refractivity contribution is 0.260. The minimum atomic E-state index is 0.856. The van der Waals surface area contributed by atoms with E-state index in [4.69, 9.17) is 0 Å². The van der Waals surface area contributed by atoms with E-state index in [0.717, 1.165) is 18.0 Å². The van der Waals surface area contributed by atoms with Gasteiger partial charge in [-0.2, -0.15) is 0 Å². The molecule has 1 unspecified atom stereocenters. The van der Waals surface area contributed by atoms with Crippen molar-refractivity contribution in [1.82, 2.24) is 4.90 Å².